The highest BCUT2D eigenvalue weighted by atomic mass is 19.1. The van der Waals surface area contributed by atoms with Gasteiger partial charge in [0.2, 0.25) is 5.91 Å². The SMILES string of the molecule is CCc1ncnc(N2CCCC(CCC(=O)N(C)C3CCN(C)CC3)C2)c1F. The van der Waals surface area contributed by atoms with E-state index in [1.807, 2.05) is 23.8 Å². The lowest BCUT2D eigenvalue weighted by molar-refractivity contribution is -0.133. The topological polar surface area (TPSA) is 52.6 Å². The van der Waals surface area contributed by atoms with Crippen LogP contribution in [0.1, 0.15) is 51.1 Å². The lowest BCUT2D eigenvalue weighted by Gasteiger charge is -2.36. The van der Waals surface area contributed by atoms with Gasteiger partial charge in [-0.1, -0.05) is 6.92 Å². The summed E-state index contributed by atoms with van der Waals surface area (Å²) < 4.78 is 14.6. The quantitative estimate of drug-likeness (QED) is 0.746. The van der Waals surface area contributed by atoms with Crippen LogP contribution in [0.15, 0.2) is 6.33 Å². The van der Waals surface area contributed by atoms with Gasteiger partial charge >= 0.3 is 0 Å². The normalized spacial score (nSPS) is 21.7. The number of halogens is 1. The number of nitrogens with zero attached hydrogens (tertiary/aromatic N) is 5. The molecular formula is C21H34FN5O. The summed E-state index contributed by atoms with van der Waals surface area (Å²) in [6.07, 6.45) is 7.68. The smallest absolute Gasteiger partial charge is 0.222 e. The number of piperidine rings is 2. The second kappa shape index (κ2) is 9.63. The Kier molecular flexibility index (Phi) is 7.21. The molecule has 156 valence electrons. The van der Waals surface area contributed by atoms with Crippen LogP contribution in [0, 0.1) is 11.7 Å². The number of hydrogen-bond acceptors (Lipinski definition) is 5. The fourth-order valence-corrected chi connectivity index (χ4v) is 4.45. The molecule has 0 bridgehead atoms. The van der Waals surface area contributed by atoms with Gasteiger partial charge in [0.25, 0.3) is 0 Å². The Balaban J connectivity index is 1.52. The summed E-state index contributed by atoms with van der Waals surface area (Å²) in [7, 11) is 4.09. The molecule has 0 saturated carbocycles. The Morgan fingerprint density at radius 3 is 2.71 bits per heavy atom. The number of aromatic nitrogens is 2. The average molecular weight is 392 g/mol. The molecule has 0 radical (unpaired) electrons. The molecule has 1 unspecified atom stereocenters. The molecule has 3 rings (SSSR count). The predicted molar refractivity (Wildman–Crippen MR) is 109 cm³/mol. The minimum atomic E-state index is -0.288. The van der Waals surface area contributed by atoms with E-state index in [0.717, 1.165) is 58.3 Å². The van der Waals surface area contributed by atoms with Crippen molar-refractivity contribution in [2.75, 3.05) is 45.2 Å². The van der Waals surface area contributed by atoms with Gasteiger partial charge in [-0.25, -0.2) is 14.4 Å². The van der Waals surface area contributed by atoms with Crippen LogP contribution < -0.4 is 4.90 Å². The molecule has 6 nitrogen and oxygen atoms in total. The molecule has 1 amide bonds. The first kappa shape index (κ1) is 21.0. The van der Waals surface area contributed by atoms with Gasteiger partial charge in [-0.15, -0.1) is 0 Å². The number of anilines is 1. The average Bonchev–Trinajstić information content (AvgIpc) is 2.72. The summed E-state index contributed by atoms with van der Waals surface area (Å²) in [4.78, 5) is 27.2. The van der Waals surface area contributed by atoms with Gasteiger partial charge in [0.15, 0.2) is 11.6 Å². The van der Waals surface area contributed by atoms with Crippen molar-refractivity contribution in [1.29, 1.82) is 0 Å². The van der Waals surface area contributed by atoms with Crippen LogP contribution in [0.5, 0.6) is 0 Å². The number of carbonyl (C=O) groups is 1. The van der Waals surface area contributed by atoms with Crippen molar-refractivity contribution in [1.82, 2.24) is 19.8 Å². The third kappa shape index (κ3) is 4.99. The van der Waals surface area contributed by atoms with Crippen molar-refractivity contribution in [3.63, 3.8) is 0 Å². The minimum Gasteiger partial charge on any atom is -0.354 e. The molecule has 2 aliphatic heterocycles. The Morgan fingerprint density at radius 2 is 2.00 bits per heavy atom. The van der Waals surface area contributed by atoms with Crippen LogP contribution in [-0.2, 0) is 11.2 Å². The molecule has 0 aromatic carbocycles. The summed E-state index contributed by atoms with van der Waals surface area (Å²) in [5, 5.41) is 0. The number of aryl methyl sites for hydroxylation is 1. The van der Waals surface area contributed by atoms with Crippen LogP contribution in [0.2, 0.25) is 0 Å². The molecule has 0 N–H and O–H groups in total. The lowest BCUT2D eigenvalue weighted by Crippen LogP contribution is -2.44. The van der Waals surface area contributed by atoms with E-state index in [0.29, 0.717) is 36.3 Å². The molecule has 2 aliphatic rings. The van der Waals surface area contributed by atoms with Crippen molar-refractivity contribution in [2.24, 2.45) is 5.92 Å². The van der Waals surface area contributed by atoms with Crippen molar-refractivity contribution < 1.29 is 9.18 Å². The van der Waals surface area contributed by atoms with Crippen molar-refractivity contribution in [3.8, 4) is 0 Å². The second-order valence-corrected chi connectivity index (χ2v) is 8.34. The van der Waals surface area contributed by atoms with Gasteiger partial charge in [-0.3, -0.25) is 4.79 Å². The van der Waals surface area contributed by atoms with Crippen LogP contribution in [0.4, 0.5) is 10.2 Å². The van der Waals surface area contributed by atoms with Gasteiger partial charge < -0.3 is 14.7 Å². The van der Waals surface area contributed by atoms with Crippen LogP contribution in [-0.4, -0.2) is 72.0 Å². The first-order valence-corrected chi connectivity index (χ1v) is 10.7. The van der Waals surface area contributed by atoms with E-state index in [1.165, 1.54) is 6.33 Å². The second-order valence-electron chi connectivity index (χ2n) is 8.34. The summed E-state index contributed by atoms with van der Waals surface area (Å²) in [6.45, 7) is 5.61. The van der Waals surface area contributed by atoms with E-state index in [2.05, 4.69) is 21.9 Å². The summed E-state index contributed by atoms with van der Waals surface area (Å²) in [6, 6.07) is 0.370. The van der Waals surface area contributed by atoms with Gasteiger partial charge in [0.1, 0.15) is 6.33 Å². The van der Waals surface area contributed by atoms with Crippen molar-refractivity contribution in [2.45, 2.75) is 57.9 Å². The zero-order valence-corrected chi connectivity index (χ0v) is 17.5. The predicted octanol–water partition coefficient (Wildman–Crippen LogP) is 2.73. The van der Waals surface area contributed by atoms with E-state index in [4.69, 9.17) is 0 Å². The maximum absolute atomic E-state index is 14.6. The highest BCUT2D eigenvalue weighted by Crippen LogP contribution is 2.27. The number of amides is 1. The standard InChI is InChI=1S/C21H34FN5O/c1-4-18-20(22)21(24-15-23-18)27-11-5-6-16(14-27)7-8-19(28)26(3)17-9-12-25(2)13-10-17/h15-17H,4-14H2,1-3H3. The third-order valence-corrected chi connectivity index (χ3v) is 6.39. The van der Waals surface area contributed by atoms with E-state index in [-0.39, 0.29) is 11.7 Å². The van der Waals surface area contributed by atoms with Crippen LogP contribution in [0.25, 0.3) is 0 Å². The molecule has 0 spiro atoms. The van der Waals surface area contributed by atoms with E-state index in [9.17, 15) is 9.18 Å². The molecular weight excluding hydrogens is 357 g/mol. The molecule has 1 aromatic rings. The summed E-state index contributed by atoms with van der Waals surface area (Å²) in [5.74, 6) is 0.784. The number of hydrogen-bond donors (Lipinski definition) is 0. The first-order valence-electron chi connectivity index (χ1n) is 10.7. The third-order valence-electron chi connectivity index (χ3n) is 6.39. The van der Waals surface area contributed by atoms with Crippen LogP contribution >= 0.6 is 0 Å². The van der Waals surface area contributed by atoms with Gasteiger partial charge in [0.05, 0.1) is 5.69 Å². The first-order chi connectivity index (χ1) is 13.5. The van der Waals surface area contributed by atoms with Crippen molar-refractivity contribution in [3.05, 3.63) is 17.8 Å². The Bertz CT molecular complexity index is 662. The summed E-state index contributed by atoms with van der Waals surface area (Å²) in [5.41, 5.74) is 0.474. The Morgan fingerprint density at radius 1 is 1.25 bits per heavy atom. The molecule has 2 saturated heterocycles. The van der Waals surface area contributed by atoms with Crippen molar-refractivity contribution >= 4 is 11.7 Å². The van der Waals surface area contributed by atoms with E-state index in [1.54, 1.807) is 0 Å². The monoisotopic (exact) mass is 391 g/mol. The molecule has 7 heteroatoms. The maximum Gasteiger partial charge on any atom is 0.222 e. The lowest BCUT2D eigenvalue weighted by atomic mass is 9.92. The largest absolute Gasteiger partial charge is 0.354 e. The Labute approximate surface area is 168 Å². The van der Waals surface area contributed by atoms with Gasteiger partial charge in [-0.05, 0) is 64.6 Å². The van der Waals surface area contributed by atoms with Crippen LogP contribution in [0.3, 0.4) is 0 Å². The van der Waals surface area contributed by atoms with Gasteiger partial charge in [-0.2, -0.15) is 0 Å². The number of carbonyl (C=O) groups excluding carboxylic acids is 1. The highest BCUT2D eigenvalue weighted by molar-refractivity contribution is 5.76. The molecule has 28 heavy (non-hydrogen) atoms. The number of likely N-dealkylation sites (tertiary alicyclic amines) is 1. The summed E-state index contributed by atoms with van der Waals surface area (Å²) >= 11 is 0. The minimum absolute atomic E-state index is 0.244. The van der Waals surface area contributed by atoms with E-state index < -0.39 is 0 Å². The molecule has 1 atom stereocenters. The molecule has 0 aliphatic carbocycles. The molecule has 3 heterocycles. The maximum atomic E-state index is 14.6. The zero-order valence-electron chi connectivity index (χ0n) is 17.5. The molecule has 2 fully saturated rings. The molecule has 1 aromatic heterocycles. The number of rotatable bonds is 6. The fourth-order valence-electron chi connectivity index (χ4n) is 4.45. The van der Waals surface area contributed by atoms with E-state index >= 15 is 0 Å². The zero-order chi connectivity index (χ0) is 20.1. The van der Waals surface area contributed by atoms with Gasteiger partial charge in [0, 0.05) is 32.6 Å². The Hall–Kier alpha value is -1.76. The highest BCUT2D eigenvalue weighted by Gasteiger charge is 2.27. The fraction of sp³-hybridized carbons (Fsp3) is 0.762.